The van der Waals surface area contributed by atoms with E-state index in [1.165, 1.54) is 0 Å². The molecule has 2 aliphatic rings. The first-order chi connectivity index (χ1) is 14.7. The monoisotopic (exact) mass is 423 g/mol. The second-order valence-corrected chi connectivity index (χ2v) is 7.88. The lowest BCUT2D eigenvalue weighted by Gasteiger charge is -2.38. The van der Waals surface area contributed by atoms with E-state index in [9.17, 15) is 4.79 Å². The molecule has 2 aromatic carbocycles. The van der Waals surface area contributed by atoms with Crippen molar-refractivity contribution in [2.45, 2.75) is 12.6 Å². The highest BCUT2D eigenvalue weighted by Gasteiger charge is 2.34. The van der Waals surface area contributed by atoms with Gasteiger partial charge >= 0.3 is 0 Å². The number of rotatable bonds is 3. The molecule has 2 aliphatic heterocycles. The number of anilines is 1. The Morgan fingerprint density at radius 1 is 1.10 bits per heavy atom. The minimum Gasteiger partial charge on any atom is -0.477 e. The number of carbonyl (C=O) groups is 1. The van der Waals surface area contributed by atoms with Gasteiger partial charge in [0.2, 0.25) is 0 Å². The summed E-state index contributed by atoms with van der Waals surface area (Å²) in [5.74, 6) is 0.709. The molecule has 0 aliphatic carbocycles. The molecule has 0 saturated carbocycles. The van der Waals surface area contributed by atoms with Gasteiger partial charge in [-0.3, -0.25) is 4.79 Å². The maximum Gasteiger partial charge on any atom is 0.265 e. The van der Waals surface area contributed by atoms with Crippen LogP contribution in [0.4, 0.5) is 5.69 Å². The van der Waals surface area contributed by atoms with E-state index in [1.807, 2.05) is 53.4 Å². The lowest BCUT2D eigenvalue weighted by atomic mass is 10.1. The van der Waals surface area contributed by atoms with Crippen LogP contribution in [-0.4, -0.2) is 54.7 Å². The van der Waals surface area contributed by atoms with Crippen LogP contribution in [-0.2, 0) is 16.1 Å². The van der Waals surface area contributed by atoms with Crippen LogP contribution >= 0.6 is 11.6 Å². The van der Waals surface area contributed by atoms with Crippen molar-refractivity contribution in [2.24, 2.45) is 0 Å². The maximum absolute atomic E-state index is 13.1. The summed E-state index contributed by atoms with van der Waals surface area (Å²) in [4.78, 5) is 21.6. The van der Waals surface area contributed by atoms with Crippen molar-refractivity contribution in [3.8, 4) is 5.75 Å². The lowest BCUT2D eigenvalue weighted by molar-refractivity contribution is -0.142. The van der Waals surface area contributed by atoms with Crippen molar-refractivity contribution < 1.29 is 14.3 Å². The topological polar surface area (TPSA) is 54.9 Å². The molecule has 3 heterocycles. The summed E-state index contributed by atoms with van der Waals surface area (Å²) in [6.45, 7) is 3.33. The molecule has 0 N–H and O–H groups in total. The molecule has 7 heteroatoms. The molecular formula is C23H22ClN3O3. The first-order valence-electron chi connectivity index (χ1n) is 10.1. The van der Waals surface area contributed by atoms with Gasteiger partial charge in [0, 0.05) is 30.6 Å². The van der Waals surface area contributed by atoms with E-state index in [1.54, 1.807) is 0 Å². The third kappa shape index (κ3) is 3.68. The van der Waals surface area contributed by atoms with Crippen LogP contribution in [0.25, 0.3) is 10.9 Å². The SMILES string of the molecule is O=C([C@H]1CN(Cc2cc3ccccc3nc2Cl)c2ccccc2O1)N1CCOCC1. The molecule has 1 saturated heterocycles. The predicted molar refractivity (Wildman–Crippen MR) is 116 cm³/mol. The Bertz CT molecular complexity index is 1080. The van der Waals surface area contributed by atoms with Gasteiger partial charge in [0.1, 0.15) is 10.9 Å². The number of pyridine rings is 1. The summed E-state index contributed by atoms with van der Waals surface area (Å²) in [6, 6.07) is 17.8. The van der Waals surface area contributed by atoms with Gasteiger partial charge in [-0.2, -0.15) is 0 Å². The highest BCUT2D eigenvalue weighted by atomic mass is 35.5. The third-order valence-corrected chi connectivity index (χ3v) is 5.90. The average molecular weight is 424 g/mol. The number of carbonyl (C=O) groups excluding carboxylic acids is 1. The zero-order valence-electron chi connectivity index (χ0n) is 16.5. The number of amides is 1. The number of morpholine rings is 1. The Morgan fingerprint density at radius 2 is 1.87 bits per heavy atom. The van der Waals surface area contributed by atoms with Crippen molar-refractivity contribution >= 4 is 34.1 Å². The number of halogens is 1. The van der Waals surface area contributed by atoms with Crippen LogP contribution in [0.15, 0.2) is 54.6 Å². The predicted octanol–water partition coefficient (Wildman–Crippen LogP) is 3.51. The standard InChI is InChI=1S/C23H22ClN3O3/c24-22-17(13-16-5-1-2-6-18(16)25-22)14-27-15-21(23(28)26-9-11-29-12-10-26)30-20-8-4-3-7-19(20)27/h1-8,13,21H,9-12,14-15H2/t21-/m1/s1. The van der Waals surface area contributed by atoms with Crippen molar-refractivity contribution in [1.29, 1.82) is 0 Å². The Kier molecular flexibility index (Phi) is 5.19. The first kappa shape index (κ1) is 19.2. The van der Waals surface area contributed by atoms with Gasteiger partial charge in [-0.15, -0.1) is 0 Å². The fraction of sp³-hybridized carbons (Fsp3) is 0.304. The van der Waals surface area contributed by atoms with Crippen LogP contribution in [0.5, 0.6) is 5.75 Å². The molecular weight excluding hydrogens is 402 g/mol. The van der Waals surface area contributed by atoms with Gasteiger partial charge < -0.3 is 19.3 Å². The smallest absolute Gasteiger partial charge is 0.265 e. The Labute approximate surface area is 180 Å². The fourth-order valence-corrected chi connectivity index (χ4v) is 4.23. The van der Waals surface area contributed by atoms with Crippen molar-refractivity contribution in [2.75, 3.05) is 37.7 Å². The fourth-order valence-electron chi connectivity index (χ4n) is 4.03. The summed E-state index contributed by atoms with van der Waals surface area (Å²) in [6.07, 6.45) is -0.565. The highest BCUT2D eigenvalue weighted by molar-refractivity contribution is 6.30. The van der Waals surface area contributed by atoms with Gasteiger partial charge in [0.15, 0.2) is 6.10 Å². The molecule has 1 aromatic heterocycles. The molecule has 0 bridgehead atoms. The van der Waals surface area contributed by atoms with E-state index in [0.717, 1.165) is 22.2 Å². The lowest BCUT2D eigenvalue weighted by Crippen LogP contribution is -2.52. The number of benzene rings is 2. The van der Waals surface area contributed by atoms with Gasteiger partial charge in [0.05, 0.1) is 31.0 Å². The van der Waals surface area contributed by atoms with Gasteiger partial charge in [0.25, 0.3) is 5.91 Å². The van der Waals surface area contributed by atoms with Gasteiger partial charge in [-0.1, -0.05) is 41.9 Å². The molecule has 0 spiro atoms. The van der Waals surface area contributed by atoms with E-state index in [0.29, 0.717) is 50.3 Å². The number of fused-ring (bicyclic) bond motifs is 2. The number of ether oxygens (including phenoxy) is 2. The summed E-state index contributed by atoms with van der Waals surface area (Å²) < 4.78 is 11.5. The number of hydrogen-bond donors (Lipinski definition) is 0. The molecule has 0 radical (unpaired) electrons. The molecule has 5 rings (SSSR count). The van der Waals surface area contributed by atoms with E-state index in [4.69, 9.17) is 21.1 Å². The Morgan fingerprint density at radius 3 is 2.73 bits per heavy atom. The molecule has 30 heavy (non-hydrogen) atoms. The quantitative estimate of drug-likeness (QED) is 0.603. The van der Waals surface area contributed by atoms with Crippen LogP contribution in [0.2, 0.25) is 5.15 Å². The molecule has 1 amide bonds. The van der Waals surface area contributed by atoms with E-state index in [2.05, 4.69) is 16.0 Å². The van der Waals surface area contributed by atoms with E-state index < -0.39 is 6.10 Å². The number of nitrogens with zero attached hydrogens (tertiary/aromatic N) is 3. The molecule has 0 unspecified atom stereocenters. The molecule has 3 aromatic rings. The summed E-state index contributed by atoms with van der Waals surface area (Å²) >= 11 is 6.51. The summed E-state index contributed by atoms with van der Waals surface area (Å²) in [5.41, 5.74) is 2.74. The maximum atomic E-state index is 13.1. The summed E-state index contributed by atoms with van der Waals surface area (Å²) in [7, 11) is 0. The van der Waals surface area contributed by atoms with Crippen molar-refractivity contribution in [3.63, 3.8) is 0 Å². The van der Waals surface area contributed by atoms with Crippen LogP contribution < -0.4 is 9.64 Å². The Hall–Kier alpha value is -2.83. The normalized spacial score (nSPS) is 18.8. The molecule has 1 atom stereocenters. The van der Waals surface area contributed by atoms with Crippen LogP contribution in [0.3, 0.4) is 0 Å². The summed E-state index contributed by atoms with van der Waals surface area (Å²) in [5, 5.41) is 1.52. The zero-order valence-corrected chi connectivity index (χ0v) is 17.2. The highest BCUT2D eigenvalue weighted by Crippen LogP contribution is 2.35. The van der Waals surface area contributed by atoms with Crippen LogP contribution in [0, 0.1) is 0 Å². The second kappa shape index (κ2) is 8.13. The second-order valence-electron chi connectivity index (χ2n) is 7.52. The van der Waals surface area contributed by atoms with Gasteiger partial charge in [-0.25, -0.2) is 4.98 Å². The third-order valence-electron chi connectivity index (χ3n) is 5.57. The van der Waals surface area contributed by atoms with E-state index in [-0.39, 0.29) is 5.91 Å². The van der Waals surface area contributed by atoms with Crippen molar-refractivity contribution in [3.05, 3.63) is 65.3 Å². The number of hydrogen-bond acceptors (Lipinski definition) is 5. The van der Waals surface area contributed by atoms with Crippen LogP contribution in [0.1, 0.15) is 5.56 Å². The molecule has 154 valence electrons. The molecule has 1 fully saturated rings. The largest absolute Gasteiger partial charge is 0.477 e. The first-order valence-corrected chi connectivity index (χ1v) is 10.5. The number of aromatic nitrogens is 1. The number of para-hydroxylation sites is 3. The Balaban J connectivity index is 1.44. The zero-order chi connectivity index (χ0) is 20.5. The van der Waals surface area contributed by atoms with E-state index >= 15 is 0 Å². The van der Waals surface area contributed by atoms with Gasteiger partial charge in [-0.05, 0) is 24.3 Å². The van der Waals surface area contributed by atoms with Crippen molar-refractivity contribution in [1.82, 2.24) is 9.88 Å². The minimum atomic E-state index is -0.565. The average Bonchev–Trinajstić information content (AvgIpc) is 2.79. The minimum absolute atomic E-state index is 0.000497. The molecule has 6 nitrogen and oxygen atoms in total.